The van der Waals surface area contributed by atoms with Crippen LogP contribution in [0.3, 0.4) is 0 Å². The lowest BCUT2D eigenvalue weighted by atomic mass is 9.87. The van der Waals surface area contributed by atoms with Gasteiger partial charge in [-0.2, -0.15) is 0 Å². The van der Waals surface area contributed by atoms with Crippen LogP contribution in [0, 0.1) is 0 Å². The van der Waals surface area contributed by atoms with Gasteiger partial charge in [0.25, 0.3) is 11.1 Å². The lowest BCUT2D eigenvalue weighted by molar-refractivity contribution is -0.123. The Morgan fingerprint density at radius 2 is 1.78 bits per heavy atom. The monoisotopic (exact) mass is 510 g/mol. The molecule has 0 spiro atoms. The summed E-state index contributed by atoms with van der Waals surface area (Å²) in [6, 6.07) is 14.3. The molecule has 2 heterocycles. The summed E-state index contributed by atoms with van der Waals surface area (Å²) in [5.41, 5.74) is 5.37. The summed E-state index contributed by atoms with van der Waals surface area (Å²) in [7, 11) is 0. The zero-order chi connectivity index (χ0) is 23.2. The van der Waals surface area contributed by atoms with Crippen molar-refractivity contribution >= 4 is 56.2 Å². The van der Waals surface area contributed by atoms with Crippen LogP contribution in [0.2, 0.25) is 0 Å². The number of carbonyl (C=O) groups excluding carboxylic acids is 2. The molecular weight excluding hydrogens is 484 g/mol. The van der Waals surface area contributed by atoms with E-state index in [0.717, 1.165) is 27.4 Å². The second-order valence-corrected chi connectivity index (χ2v) is 11.0. The highest BCUT2D eigenvalue weighted by Crippen LogP contribution is 2.41. The summed E-state index contributed by atoms with van der Waals surface area (Å²) < 4.78 is 0.964. The number of imide groups is 1. The molecule has 2 aliphatic rings. The van der Waals surface area contributed by atoms with Crippen molar-refractivity contribution in [3.63, 3.8) is 0 Å². The van der Waals surface area contributed by atoms with Crippen molar-refractivity contribution in [1.29, 1.82) is 0 Å². The summed E-state index contributed by atoms with van der Waals surface area (Å²) in [4.78, 5) is 29.7. The van der Waals surface area contributed by atoms with Gasteiger partial charge in [-0.3, -0.25) is 14.5 Å². The fraction of sp³-hybridized carbons (Fsp3) is 0.308. The molecule has 0 unspecified atom stereocenters. The standard InChI is InChI=1S/C26H27BrN2O2S/c1-16(2)29-22-11-8-19(12-21(22)17(3)14-26(29,4)5)13-23-24(30)28(25(31)32-23)15-18-6-9-20(27)10-7-18/h6-14,16H,15H2,1-5H3/b23-13-. The van der Waals surface area contributed by atoms with E-state index in [1.807, 2.05) is 36.4 Å². The van der Waals surface area contributed by atoms with Crippen molar-refractivity contribution in [2.45, 2.75) is 52.7 Å². The number of amides is 2. The number of fused-ring (bicyclic) bond motifs is 1. The van der Waals surface area contributed by atoms with Crippen LogP contribution in [0.4, 0.5) is 10.5 Å². The summed E-state index contributed by atoms with van der Waals surface area (Å²) in [6.45, 7) is 11.3. The van der Waals surface area contributed by atoms with Gasteiger partial charge < -0.3 is 4.90 Å². The maximum Gasteiger partial charge on any atom is 0.293 e. The lowest BCUT2D eigenvalue weighted by Crippen LogP contribution is -2.49. The van der Waals surface area contributed by atoms with E-state index in [2.05, 4.69) is 73.7 Å². The number of thioether (sulfide) groups is 1. The molecule has 0 N–H and O–H groups in total. The molecule has 0 bridgehead atoms. The van der Waals surface area contributed by atoms with Crippen molar-refractivity contribution in [1.82, 2.24) is 4.90 Å². The van der Waals surface area contributed by atoms with Gasteiger partial charge in [0.1, 0.15) is 0 Å². The highest BCUT2D eigenvalue weighted by atomic mass is 79.9. The molecule has 32 heavy (non-hydrogen) atoms. The minimum atomic E-state index is -0.238. The minimum absolute atomic E-state index is 0.0670. The minimum Gasteiger partial charge on any atom is -0.360 e. The van der Waals surface area contributed by atoms with Crippen LogP contribution in [-0.2, 0) is 11.3 Å². The van der Waals surface area contributed by atoms with Crippen molar-refractivity contribution in [3.05, 3.63) is 74.6 Å². The molecule has 6 heteroatoms. The molecule has 0 aliphatic carbocycles. The van der Waals surface area contributed by atoms with Crippen LogP contribution in [-0.4, -0.2) is 27.6 Å². The van der Waals surface area contributed by atoms with Crippen LogP contribution in [0.25, 0.3) is 11.6 Å². The van der Waals surface area contributed by atoms with Gasteiger partial charge in [0.2, 0.25) is 0 Å². The van der Waals surface area contributed by atoms with Crippen molar-refractivity contribution < 1.29 is 9.59 Å². The van der Waals surface area contributed by atoms with E-state index >= 15 is 0 Å². The maximum atomic E-state index is 13.0. The summed E-state index contributed by atoms with van der Waals surface area (Å²) in [6.07, 6.45) is 4.13. The van der Waals surface area contributed by atoms with Crippen LogP contribution in [0.5, 0.6) is 0 Å². The Bertz CT molecular complexity index is 1150. The Hall–Kier alpha value is -2.31. The van der Waals surface area contributed by atoms with Gasteiger partial charge in [0.05, 0.1) is 17.0 Å². The number of nitrogens with zero attached hydrogens (tertiary/aromatic N) is 2. The first-order valence-electron chi connectivity index (χ1n) is 10.7. The number of anilines is 1. The quantitative estimate of drug-likeness (QED) is 0.411. The van der Waals surface area contributed by atoms with Crippen LogP contribution in [0.1, 0.15) is 51.3 Å². The van der Waals surface area contributed by atoms with E-state index in [-0.39, 0.29) is 23.2 Å². The first-order chi connectivity index (χ1) is 15.1. The summed E-state index contributed by atoms with van der Waals surface area (Å²) in [5.74, 6) is -0.238. The van der Waals surface area contributed by atoms with Gasteiger partial charge in [0.15, 0.2) is 0 Å². The van der Waals surface area contributed by atoms with Crippen molar-refractivity contribution in [2.75, 3.05) is 4.90 Å². The first-order valence-corrected chi connectivity index (χ1v) is 12.3. The number of halogens is 1. The predicted molar refractivity (Wildman–Crippen MR) is 137 cm³/mol. The van der Waals surface area contributed by atoms with E-state index < -0.39 is 0 Å². The molecule has 4 rings (SSSR count). The van der Waals surface area contributed by atoms with E-state index in [1.54, 1.807) is 0 Å². The highest BCUT2D eigenvalue weighted by Gasteiger charge is 2.36. The van der Waals surface area contributed by atoms with E-state index in [9.17, 15) is 9.59 Å². The van der Waals surface area contributed by atoms with E-state index in [4.69, 9.17) is 0 Å². The number of allylic oxidation sites excluding steroid dienone is 1. The van der Waals surface area contributed by atoms with E-state index in [1.165, 1.54) is 21.7 Å². The molecule has 0 saturated carbocycles. The molecule has 2 amide bonds. The molecule has 4 nitrogen and oxygen atoms in total. The first kappa shape index (κ1) is 22.9. The second-order valence-electron chi connectivity index (χ2n) is 9.12. The van der Waals surface area contributed by atoms with Gasteiger partial charge in [0, 0.05) is 21.8 Å². The largest absolute Gasteiger partial charge is 0.360 e. The average molecular weight is 511 g/mol. The third-order valence-corrected chi connectivity index (χ3v) is 7.27. The molecule has 2 aliphatic heterocycles. The maximum absolute atomic E-state index is 13.0. The molecule has 0 radical (unpaired) electrons. The smallest absolute Gasteiger partial charge is 0.293 e. The number of hydrogen-bond donors (Lipinski definition) is 0. The fourth-order valence-electron chi connectivity index (χ4n) is 4.66. The van der Waals surface area contributed by atoms with Gasteiger partial charge in [-0.1, -0.05) is 40.2 Å². The van der Waals surface area contributed by atoms with Crippen molar-refractivity contribution in [3.8, 4) is 0 Å². The zero-order valence-corrected chi connectivity index (χ0v) is 21.4. The van der Waals surface area contributed by atoms with Gasteiger partial charge in [-0.25, -0.2) is 0 Å². The average Bonchev–Trinajstić information content (AvgIpc) is 2.96. The highest BCUT2D eigenvalue weighted by molar-refractivity contribution is 9.10. The van der Waals surface area contributed by atoms with Gasteiger partial charge in [-0.05, 0) is 93.4 Å². The van der Waals surface area contributed by atoms with E-state index in [0.29, 0.717) is 10.9 Å². The number of hydrogen-bond acceptors (Lipinski definition) is 4. The summed E-state index contributed by atoms with van der Waals surface area (Å²) >= 11 is 4.42. The summed E-state index contributed by atoms with van der Waals surface area (Å²) in [5, 5.41) is -0.231. The number of carbonyl (C=O) groups is 2. The lowest BCUT2D eigenvalue weighted by Gasteiger charge is -2.46. The van der Waals surface area contributed by atoms with Crippen LogP contribution in [0.15, 0.2) is 57.9 Å². The molecule has 2 aromatic rings. The zero-order valence-electron chi connectivity index (χ0n) is 19.0. The molecular formula is C26H27BrN2O2S. The van der Waals surface area contributed by atoms with Gasteiger partial charge in [-0.15, -0.1) is 0 Å². The van der Waals surface area contributed by atoms with Gasteiger partial charge >= 0.3 is 0 Å². The molecule has 166 valence electrons. The molecule has 0 atom stereocenters. The predicted octanol–water partition coefficient (Wildman–Crippen LogP) is 7.10. The van der Waals surface area contributed by atoms with Crippen LogP contribution < -0.4 is 4.90 Å². The van der Waals surface area contributed by atoms with Crippen LogP contribution >= 0.6 is 27.7 Å². The number of rotatable bonds is 4. The Morgan fingerprint density at radius 3 is 2.44 bits per heavy atom. The SMILES string of the molecule is CC1=CC(C)(C)N(C(C)C)c2ccc(/C=C3\SC(=O)N(Cc4ccc(Br)cc4)C3=O)cc21. The second kappa shape index (κ2) is 8.56. The molecule has 0 aromatic heterocycles. The Labute approximate surface area is 202 Å². The number of benzene rings is 2. The topological polar surface area (TPSA) is 40.6 Å². The Kier molecular flexibility index (Phi) is 6.12. The molecule has 1 saturated heterocycles. The fourth-order valence-corrected chi connectivity index (χ4v) is 5.76. The van der Waals surface area contributed by atoms with Crippen molar-refractivity contribution in [2.24, 2.45) is 0 Å². The Balaban J connectivity index is 1.62. The molecule has 2 aromatic carbocycles. The third-order valence-electron chi connectivity index (χ3n) is 5.84. The Morgan fingerprint density at radius 1 is 1.09 bits per heavy atom. The molecule has 1 fully saturated rings. The third kappa shape index (κ3) is 4.30. The normalized spacial score (nSPS) is 19.1.